The maximum atomic E-state index is 12.8. The van der Waals surface area contributed by atoms with E-state index in [1.54, 1.807) is 25.1 Å². The van der Waals surface area contributed by atoms with Crippen LogP contribution in [0.4, 0.5) is 0 Å². The van der Waals surface area contributed by atoms with Gasteiger partial charge in [-0.15, -0.1) is 0 Å². The van der Waals surface area contributed by atoms with Gasteiger partial charge in [-0.25, -0.2) is 14.8 Å². The van der Waals surface area contributed by atoms with E-state index in [9.17, 15) is 24.6 Å². The Morgan fingerprint density at radius 1 is 0.944 bits per heavy atom. The summed E-state index contributed by atoms with van der Waals surface area (Å²) in [5, 5.41) is 19.3. The highest BCUT2D eigenvalue weighted by Gasteiger charge is 2.25. The van der Waals surface area contributed by atoms with Crippen molar-refractivity contribution < 1.29 is 47.8 Å². The largest absolute Gasteiger partial charge is 0.464 e. The SMILES string of the molecule is COC(=O)c1coc(C(CO)CC(=O)c2cccc(C(=O)CC(CO)c3nc(C)co3)c2)n1.O=C=O. The van der Waals surface area contributed by atoms with E-state index in [0.717, 1.165) is 6.26 Å². The normalized spacial score (nSPS) is 12.0. The van der Waals surface area contributed by atoms with Crippen molar-refractivity contribution in [2.45, 2.75) is 31.6 Å². The topological polar surface area (TPSA) is 187 Å². The van der Waals surface area contributed by atoms with Crippen molar-refractivity contribution in [3.63, 3.8) is 0 Å². The number of esters is 1. The first-order valence-electron chi connectivity index (χ1n) is 10.6. The first-order valence-corrected chi connectivity index (χ1v) is 10.6. The lowest BCUT2D eigenvalue weighted by Gasteiger charge is -2.11. The molecule has 3 aromatic rings. The van der Waals surface area contributed by atoms with Crippen LogP contribution in [0.2, 0.25) is 0 Å². The van der Waals surface area contributed by atoms with Crippen LogP contribution in [0.15, 0.2) is 45.6 Å². The predicted octanol–water partition coefficient (Wildman–Crippen LogP) is 1.87. The molecular weight excluding hydrogens is 476 g/mol. The van der Waals surface area contributed by atoms with Crippen LogP contribution in [0, 0.1) is 6.92 Å². The number of rotatable bonds is 11. The minimum atomic E-state index is -0.776. The van der Waals surface area contributed by atoms with Gasteiger partial charge in [0.2, 0.25) is 5.89 Å². The Kier molecular flexibility index (Phi) is 10.6. The van der Waals surface area contributed by atoms with E-state index < -0.39 is 24.4 Å². The van der Waals surface area contributed by atoms with Gasteiger partial charge in [0, 0.05) is 24.0 Å². The first kappa shape index (κ1) is 28.0. The lowest BCUT2D eigenvalue weighted by atomic mass is 9.94. The van der Waals surface area contributed by atoms with Crippen LogP contribution in [-0.2, 0) is 14.3 Å². The zero-order chi connectivity index (χ0) is 26.7. The number of Topliss-reactive ketones (excluding diaryl/α,β-unsaturated/α-hetero) is 2. The van der Waals surface area contributed by atoms with E-state index in [2.05, 4.69) is 14.7 Å². The van der Waals surface area contributed by atoms with E-state index >= 15 is 0 Å². The summed E-state index contributed by atoms with van der Waals surface area (Å²) in [5.74, 6) is -2.39. The van der Waals surface area contributed by atoms with Crippen molar-refractivity contribution in [2.24, 2.45) is 0 Å². The minimum Gasteiger partial charge on any atom is -0.464 e. The van der Waals surface area contributed by atoms with Crippen molar-refractivity contribution >= 4 is 23.7 Å². The zero-order valence-electron chi connectivity index (χ0n) is 19.5. The second-order valence-electron chi connectivity index (χ2n) is 7.57. The van der Waals surface area contributed by atoms with Gasteiger partial charge in [-0.05, 0) is 13.0 Å². The van der Waals surface area contributed by atoms with Crippen LogP contribution >= 0.6 is 0 Å². The van der Waals surface area contributed by atoms with Crippen LogP contribution in [0.5, 0.6) is 0 Å². The molecule has 3 rings (SSSR count). The van der Waals surface area contributed by atoms with Crippen molar-refractivity contribution in [1.82, 2.24) is 9.97 Å². The monoisotopic (exact) mass is 500 g/mol. The summed E-state index contributed by atoms with van der Waals surface area (Å²) >= 11 is 0. The Bertz CT molecular complexity index is 1220. The summed E-state index contributed by atoms with van der Waals surface area (Å²) < 4.78 is 15.1. The van der Waals surface area contributed by atoms with Gasteiger partial charge in [-0.3, -0.25) is 9.59 Å². The smallest absolute Gasteiger partial charge is 0.373 e. The number of oxazole rings is 2. The molecular formula is C24H24N2O10. The molecule has 2 unspecified atom stereocenters. The van der Waals surface area contributed by atoms with Crippen molar-refractivity contribution in [2.75, 3.05) is 20.3 Å². The molecule has 2 atom stereocenters. The summed E-state index contributed by atoms with van der Waals surface area (Å²) in [7, 11) is 1.20. The third kappa shape index (κ3) is 7.37. The average Bonchev–Trinajstić information content (AvgIpc) is 3.55. The molecule has 12 nitrogen and oxygen atoms in total. The molecule has 0 bridgehead atoms. The molecule has 1 aromatic carbocycles. The molecule has 36 heavy (non-hydrogen) atoms. The van der Waals surface area contributed by atoms with Gasteiger partial charge >= 0.3 is 12.1 Å². The van der Waals surface area contributed by atoms with Gasteiger partial charge in [0.1, 0.15) is 12.5 Å². The molecule has 2 heterocycles. The van der Waals surface area contributed by atoms with Crippen LogP contribution < -0.4 is 0 Å². The van der Waals surface area contributed by atoms with Crippen LogP contribution in [0.1, 0.15) is 73.4 Å². The Hall–Kier alpha value is -4.25. The number of ketones is 2. The molecule has 2 aromatic heterocycles. The standard InChI is InChI=1S/C23H24N2O8.CO2/c1-13-11-32-21(24-13)16(9-26)7-19(28)14-4-3-5-15(6-14)20(29)8-17(10-27)22-25-18(12-33-22)23(30)31-2;2-1-3/h3-6,11-12,16-17,26-27H,7-10H2,1-2H3;. The van der Waals surface area contributed by atoms with Crippen LogP contribution in [-0.4, -0.2) is 64.2 Å². The van der Waals surface area contributed by atoms with Gasteiger partial charge in [0.05, 0.1) is 37.9 Å². The second kappa shape index (κ2) is 13.6. The molecule has 0 aliphatic rings. The predicted molar refractivity (Wildman–Crippen MR) is 118 cm³/mol. The Labute approximate surface area is 204 Å². The first-order chi connectivity index (χ1) is 17.3. The number of hydrogen-bond acceptors (Lipinski definition) is 12. The fraction of sp³-hybridized carbons (Fsp3) is 0.333. The molecule has 0 aliphatic heterocycles. The van der Waals surface area contributed by atoms with Gasteiger partial charge in [-0.2, -0.15) is 9.59 Å². The summed E-state index contributed by atoms with van der Waals surface area (Å²) in [5.41, 5.74) is 1.15. The number of nitrogens with zero attached hydrogens (tertiary/aromatic N) is 2. The fourth-order valence-corrected chi connectivity index (χ4v) is 3.24. The number of ether oxygens (including phenoxy) is 1. The number of carbonyl (C=O) groups excluding carboxylic acids is 5. The minimum absolute atomic E-state index is 0.0329. The van der Waals surface area contributed by atoms with Crippen molar-refractivity contribution in [3.05, 3.63) is 71.1 Å². The zero-order valence-corrected chi connectivity index (χ0v) is 19.5. The summed E-state index contributed by atoms with van der Waals surface area (Å²) in [6, 6.07) is 6.18. The summed E-state index contributed by atoms with van der Waals surface area (Å²) in [6.45, 7) is 0.998. The lowest BCUT2D eigenvalue weighted by Crippen LogP contribution is -2.14. The molecule has 0 aliphatic carbocycles. The molecule has 190 valence electrons. The lowest BCUT2D eigenvalue weighted by molar-refractivity contribution is -0.191. The number of benzene rings is 1. The third-order valence-corrected chi connectivity index (χ3v) is 5.06. The maximum absolute atomic E-state index is 12.8. The van der Waals surface area contributed by atoms with Gasteiger partial charge in [-0.1, -0.05) is 18.2 Å². The van der Waals surface area contributed by atoms with Gasteiger partial charge in [0.25, 0.3) is 0 Å². The number of aromatic nitrogens is 2. The number of aliphatic hydroxyl groups is 2. The molecule has 0 spiro atoms. The third-order valence-electron chi connectivity index (χ3n) is 5.06. The highest BCUT2D eigenvalue weighted by molar-refractivity contribution is 6.01. The molecule has 0 radical (unpaired) electrons. The van der Waals surface area contributed by atoms with Crippen LogP contribution in [0.25, 0.3) is 0 Å². The van der Waals surface area contributed by atoms with Crippen LogP contribution in [0.3, 0.4) is 0 Å². The van der Waals surface area contributed by atoms with Gasteiger partial charge < -0.3 is 23.8 Å². The van der Waals surface area contributed by atoms with Crippen molar-refractivity contribution in [3.8, 4) is 0 Å². The number of carbonyl (C=O) groups is 3. The maximum Gasteiger partial charge on any atom is 0.373 e. The Balaban J connectivity index is 0.00000145. The summed E-state index contributed by atoms with van der Waals surface area (Å²) in [6.07, 6.45) is 2.60. The average molecular weight is 500 g/mol. The molecule has 12 heteroatoms. The number of aliphatic hydroxyl groups excluding tert-OH is 2. The Morgan fingerprint density at radius 2 is 1.44 bits per heavy atom. The van der Waals surface area contributed by atoms with E-state index in [1.807, 2.05) is 0 Å². The molecule has 2 N–H and O–H groups in total. The number of hydrogen-bond donors (Lipinski definition) is 2. The molecule has 0 fully saturated rings. The quantitative estimate of drug-likeness (QED) is 0.288. The van der Waals surface area contributed by atoms with Gasteiger partial charge in [0.15, 0.2) is 23.2 Å². The van der Waals surface area contributed by atoms with E-state index in [4.69, 9.17) is 18.4 Å². The van der Waals surface area contributed by atoms with E-state index in [0.29, 0.717) is 11.3 Å². The summed E-state index contributed by atoms with van der Waals surface area (Å²) in [4.78, 5) is 61.5. The van der Waals surface area contributed by atoms with E-state index in [1.165, 1.54) is 19.4 Å². The second-order valence-corrected chi connectivity index (χ2v) is 7.57. The Morgan fingerprint density at radius 3 is 1.89 bits per heavy atom. The highest BCUT2D eigenvalue weighted by Crippen LogP contribution is 2.24. The fourth-order valence-electron chi connectivity index (χ4n) is 3.24. The highest BCUT2D eigenvalue weighted by atomic mass is 16.5. The molecule has 0 amide bonds. The van der Waals surface area contributed by atoms with E-state index in [-0.39, 0.29) is 60.2 Å². The van der Waals surface area contributed by atoms with Crippen molar-refractivity contribution in [1.29, 1.82) is 0 Å². The number of aryl methyl sites for hydroxylation is 1. The number of methoxy groups -OCH3 is 1. The molecule has 0 saturated carbocycles. The molecule has 0 saturated heterocycles.